The number of nitrogens with one attached hydrogen (secondary N) is 3. The van der Waals surface area contributed by atoms with E-state index in [1.807, 2.05) is 0 Å². The predicted molar refractivity (Wildman–Crippen MR) is 112 cm³/mol. The van der Waals surface area contributed by atoms with Crippen LogP contribution in [0.4, 0.5) is 10.1 Å². The van der Waals surface area contributed by atoms with Crippen LogP contribution < -0.4 is 20.7 Å². The molecule has 4 N–H and O–H groups in total. The Labute approximate surface area is 183 Å². The zero-order valence-electron chi connectivity index (χ0n) is 17.4. The minimum atomic E-state index is -1.22. The van der Waals surface area contributed by atoms with Gasteiger partial charge >= 0.3 is 0 Å². The summed E-state index contributed by atoms with van der Waals surface area (Å²) in [6, 6.07) is 8.62. The van der Waals surface area contributed by atoms with Gasteiger partial charge in [-0.05, 0) is 43.8 Å². The van der Waals surface area contributed by atoms with Crippen molar-refractivity contribution >= 4 is 23.4 Å². The monoisotopic (exact) mass is 442 g/mol. The maximum Gasteiger partial charge on any atom is 0.256 e. The molecular weight excluding hydrogens is 419 g/mol. The third kappa shape index (κ3) is 4.27. The van der Waals surface area contributed by atoms with Crippen LogP contribution in [0.2, 0.25) is 0 Å². The van der Waals surface area contributed by atoms with E-state index in [-0.39, 0.29) is 37.7 Å². The summed E-state index contributed by atoms with van der Waals surface area (Å²) >= 11 is 0. The van der Waals surface area contributed by atoms with E-state index < -0.39 is 24.2 Å². The van der Waals surface area contributed by atoms with Crippen molar-refractivity contribution in [1.29, 1.82) is 0 Å². The molecule has 1 unspecified atom stereocenters. The van der Waals surface area contributed by atoms with E-state index in [0.29, 0.717) is 28.1 Å². The second-order valence-corrected chi connectivity index (χ2v) is 7.60. The molecule has 0 aliphatic carbocycles. The van der Waals surface area contributed by atoms with Gasteiger partial charge in [0.2, 0.25) is 11.8 Å². The molecule has 0 aromatic heterocycles. The number of aliphatic hydroxyl groups is 1. The molecule has 2 aromatic rings. The Morgan fingerprint density at radius 1 is 1.28 bits per heavy atom. The van der Waals surface area contributed by atoms with E-state index >= 15 is 0 Å². The quantitative estimate of drug-likeness (QED) is 0.374. The molecular formula is C22H23FN4O5. The number of hydrogen-bond donors (Lipinski definition) is 4. The second kappa shape index (κ2) is 8.93. The Balaban J connectivity index is 1.50. The van der Waals surface area contributed by atoms with E-state index in [0.717, 1.165) is 0 Å². The highest BCUT2D eigenvalue weighted by Gasteiger charge is 2.39. The van der Waals surface area contributed by atoms with E-state index in [1.165, 1.54) is 30.1 Å². The van der Waals surface area contributed by atoms with Gasteiger partial charge in [-0.3, -0.25) is 25.0 Å². The van der Waals surface area contributed by atoms with Crippen LogP contribution in [0, 0.1) is 5.82 Å². The molecule has 32 heavy (non-hydrogen) atoms. The smallest absolute Gasteiger partial charge is 0.256 e. The first-order chi connectivity index (χ1) is 15.4. The maximum atomic E-state index is 14.3. The number of amides is 3. The van der Waals surface area contributed by atoms with Gasteiger partial charge in [-0.1, -0.05) is 6.07 Å². The van der Waals surface area contributed by atoms with Crippen LogP contribution in [-0.4, -0.2) is 47.2 Å². The highest BCUT2D eigenvalue weighted by molar-refractivity contribution is 6.06. The molecule has 0 saturated carbocycles. The second-order valence-electron chi connectivity index (χ2n) is 7.60. The highest BCUT2D eigenvalue weighted by atomic mass is 19.1. The first-order valence-electron chi connectivity index (χ1n) is 10.2. The zero-order valence-corrected chi connectivity index (χ0v) is 17.4. The summed E-state index contributed by atoms with van der Waals surface area (Å²) in [5.74, 6) is -1.24. The number of aliphatic hydroxyl groups excluding tert-OH is 1. The van der Waals surface area contributed by atoms with Crippen LogP contribution in [0.5, 0.6) is 5.75 Å². The minimum absolute atomic E-state index is 0.113. The summed E-state index contributed by atoms with van der Waals surface area (Å²) in [5.41, 5.74) is 2.14. The number of carbonyl (C=O) groups is 3. The lowest BCUT2D eigenvalue weighted by molar-refractivity contribution is -0.136. The van der Waals surface area contributed by atoms with E-state index in [2.05, 4.69) is 16.0 Å². The fourth-order valence-electron chi connectivity index (χ4n) is 3.89. The Morgan fingerprint density at radius 2 is 2.09 bits per heavy atom. The lowest BCUT2D eigenvalue weighted by atomic mass is 10.0. The molecule has 4 rings (SSSR count). The Hall–Kier alpha value is -3.50. The number of imide groups is 1. The lowest BCUT2D eigenvalue weighted by Gasteiger charge is -2.29. The first kappa shape index (κ1) is 21.7. The highest BCUT2D eigenvalue weighted by Crippen LogP contribution is 2.32. The maximum absolute atomic E-state index is 14.3. The van der Waals surface area contributed by atoms with Gasteiger partial charge in [0.15, 0.2) is 0 Å². The summed E-state index contributed by atoms with van der Waals surface area (Å²) in [6.07, 6.45) is -0.756. The number of anilines is 1. The summed E-state index contributed by atoms with van der Waals surface area (Å²) in [6.45, 7) is 0.325. The molecule has 3 amide bonds. The van der Waals surface area contributed by atoms with Crippen molar-refractivity contribution in [3.05, 3.63) is 58.9 Å². The Morgan fingerprint density at radius 3 is 2.84 bits per heavy atom. The fourth-order valence-corrected chi connectivity index (χ4v) is 3.89. The first-order valence-corrected chi connectivity index (χ1v) is 10.2. The molecule has 0 radical (unpaired) electrons. The number of piperidine rings is 1. The Kier molecular flexibility index (Phi) is 6.06. The molecule has 10 heteroatoms. The summed E-state index contributed by atoms with van der Waals surface area (Å²) < 4.78 is 19.5. The van der Waals surface area contributed by atoms with E-state index in [4.69, 9.17) is 4.74 Å². The zero-order chi connectivity index (χ0) is 22.8. The molecule has 2 aliphatic rings. The Bertz CT molecular complexity index is 1080. The van der Waals surface area contributed by atoms with Gasteiger partial charge in [0.1, 0.15) is 17.6 Å². The summed E-state index contributed by atoms with van der Waals surface area (Å²) in [4.78, 5) is 38.0. The average Bonchev–Trinajstić information content (AvgIpc) is 3.11. The van der Waals surface area contributed by atoms with Gasteiger partial charge in [-0.2, -0.15) is 0 Å². The number of fused-ring (bicyclic) bond motifs is 1. The third-order valence-electron chi connectivity index (χ3n) is 5.56. The summed E-state index contributed by atoms with van der Waals surface area (Å²) in [7, 11) is 1.52. The molecule has 2 heterocycles. The van der Waals surface area contributed by atoms with Crippen molar-refractivity contribution in [1.82, 2.24) is 15.5 Å². The molecule has 2 aromatic carbocycles. The van der Waals surface area contributed by atoms with Gasteiger partial charge in [0.25, 0.3) is 12.3 Å². The molecule has 0 bridgehead atoms. The SMILES string of the molecule is CNC(O)Oc1ccc(F)c(CNc2cccc3c2CN([C@H]2CCC(=O)NC2=O)C3=O)c1. The average molecular weight is 442 g/mol. The van der Waals surface area contributed by atoms with Crippen LogP contribution in [0.15, 0.2) is 36.4 Å². The normalized spacial score (nSPS) is 18.9. The van der Waals surface area contributed by atoms with Crippen molar-refractivity contribution in [2.75, 3.05) is 12.4 Å². The number of ether oxygens (including phenoxy) is 1. The number of halogens is 1. The van der Waals surface area contributed by atoms with Crippen molar-refractivity contribution < 1.29 is 28.6 Å². The molecule has 0 spiro atoms. The minimum Gasteiger partial charge on any atom is -0.451 e. The largest absolute Gasteiger partial charge is 0.451 e. The molecule has 1 saturated heterocycles. The number of benzene rings is 2. The fraction of sp³-hybridized carbons (Fsp3) is 0.318. The van der Waals surface area contributed by atoms with Crippen LogP contribution in [-0.2, 0) is 22.7 Å². The van der Waals surface area contributed by atoms with Crippen LogP contribution in [0.25, 0.3) is 0 Å². The van der Waals surface area contributed by atoms with Gasteiger partial charge in [0, 0.05) is 41.9 Å². The van der Waals surface area contributed by atoms with Gasteiger partial charge in [-0.15, -0.1) is 0 Å². The number of nitrogens with zero attached hydrogens (tertiary/aromatic N) is 1. The predicted octanol–water partition coefficient (Wildman–Crippen LogP) is 1.07. The third-order valence-corrected chi connectivity index (χ3v) is 5.56. The van der Waals surface area contributed by atoms with Crippen molar-refractivity contribution in [2.45, 2.75) is 38.4 Å². The van der Waals surface area contributed by atoms with Crippen molar-refractivity contribution in [3.63, 3.8) is 0 Å². The van der Waals surface area contributed by atoms with Crippen LogP contribution >= 0.6 is 0 Å². The molecule has 2 aliphatic heterocycles. The van der Waals surface area contributed by atoms with Crippen LogP contribution in [0.1, 0.15) is 34.3 Å². The van der Waals surface area contributed by atoms with Gasteiger partial charge in [-0.25, -0.2) is 4.39 Å². The van der Waals surface area contributed by atoms with Crippen molar-refractivity contribution in [2.24, 2.45) is 0 Å². The standard InChI is InChI=1S/C22H23FN4O5/c1-24-22(31)32-13-5-6-16(23)12(9-13)10-25-17-4-2-3-14-15(17)11-27(21(14)30)18-7-8-19(28)26-20(18)29/h2-6,9,18,22,24-25,31H,7-8,10-11H2,1H3,(H,26,28,29)/t18-,22?/m0/s1. The van der Waals surface area contributed by atoms with E-state index in [1.54, 1.807) is 18.2 Å². The van der Waals surface area contributed by atoms with Gasteiger partial charge < -0.3 is 20.1 Å². The lowest BCUT2D eigenvalue weighted by Crippen LogP contribution is -2.52. The molecule has 168 valence electrons. The summed E-state index contributed by atoms with van der Waals surface area (Å²) in [5, 5.41) is 17.5. The molecule has 9 nitrogen and oxygen atoms in total. The van der Waals surface area contributed by atoms with Crippen LogP contribution in [0.3, 0.4) is 0 Å². The van der Waals surface area contributed by atoms with Gasteiger partial charge in [0.05, 0.1) is 0 Å². The molecule has 1 fully saturated rings. The van der Waals surface area contributed by atoms with Crippen molar-refractivity contribution in [3.8, 4) is 5.75 Å². The number of rotatable bonds is 7. The van der Waals surface area contributed by atoms with E-state index in [9.17, 15) is 23.9 Å². The number of carbonyl (C=O) groups excluding carboxylic acids is 3. The topological polar surface area (TPSA) is 120 Å². The molecule has 2 atom stereocenters. The number of hydrogen-bond acceptors (Lipinski definition) is 7.